The molecular weight excluding hydrogens is 198 g/mol. The van der Waals surface area contributed by atoms with Gasteiger partial charge in [0.1, 0.15) is 5.92 Å². The molecule has 0 amide bonds. The molecule has 0 bridgehead atoms. The zero-order valence-electron chi connectivity index (χ0n) is 5.27. The summed E-state index contributed by atoms with van der Waals surface area (Å²) in [5, 5.41) is 8.46. The van der Waals surface area contributed by atoms with E-state index in [1.54, 1.807) is 6.92 Å². The fraction of sp³-hybridized carbons (Fsp3) is 0.800. The molecule has 0 radical (unpaired) electrons. The molecule has 1 atom stereocenters. The minimum atomic E-state index is -1.69. The predicted molar refractivity (Wildman–Crippen MR) is 41.7 cm³/mol. The van der Waals surface area contributed by atoms with Crippen LogP contribution < -0.4 is 0 Å². The van der Waals surface area contributed by atoms with Crippen LogP contribution in [0.15, 0.2) is 0 Å². The Hall–Kier alpha value is 0.340. The molecule has 0 aliphatic rings. The van der Waals surface area contributed by atoms with Gasteiger partial charge in [0.05, 0.1) is 0 Å². The van der Waals surface area contributed by atoms with Crippen LogP contribution >= 0.6 is 34.8 Å². The van der Waals surface area contributed by atoms with E-state index in [4.69, 9.17) is 39.9 Å². The van der Waals surface area contributed by atoms with Gasteiger partial charge in [-0.1, -0.05) is 41.7 Å². The topological polar surface area (TPSA) is 37.3 Å². The lowest BCUT2D eigenvalue weighted by atomic mass is 10.1. The molecule has 1 N–H and O–H groups in total. The first-order valence-corrected chi connectivity index (χ1v) is 3.82. The van der Waals surface area contributed by atoms with Gasteiger partial charge in [-0.2, -0.15) is 0 Å². The van der Waals surface area contributed by atoms with Crippen LogP contribution in [-0.4, -0.2) is 14.9 Å². The fourth-order valence-electron chi connectivity index (χ4n) is 0.546. The normalized spacial score (nSPS) is 14.8. The molecule has 60 valence electrons. The van der Waals surface area contributed by atoms with E-state index in [0.717, 1.165) is 0 Å². The number of carbonyl (C=O) groups is 1. The van der Waals surface area contributed by atoms with Crippen LogP contribution in [0.25, 0.3) is 0 Å². The summed E-state index contributed by atoms with van der Waals surface area (Å²) in [6, 6.07) is 0. The van der Waals surface area contributed by atoms with E-state index in [2.05, 4.69) is 0 Å². The third-order valence-corrected chi connectivity index (χ3v) is 1.89. The van der Waals surface area contributed by atoms with E-state index < -0.39 is 15.7 Å². The lowest BCUT2D eigenvalue weighted by Crippen LogP contribution is -2.26. The number of hydrogen-bond donors (Lipinski definition) is 1. The Kier molecular flexibility index (Phi) is 3.77. The molecule has 0 heterocycles. The van der Waals surface area contributed by atoms with Crippen LogP contribution in [0.4, 0.5) is 0 Å². The molecular formula is C5H7Cl3O2. The lowest BCUT2D eigenvalue weighted by Gasteiger charge is -2.17. The average molecular weight is 205 g/mol. The molecule has 0 fully saturated rings. The second-order valence-electron chi connectivity index (χ2n) is 1.84. The summed E-state index contributed by atoms with van der Waals surface area (Å²) in [6.45, 7) is 1.65. The SMILES string of the molecule is CCC(C(=O)O)C(Cl)(Cl)Cl. The fourth-order valence-corrected chi connectivity index (χ4v) is 1.29. The summed E-state index contributed by atoms with van der Waals surface area (Å²) in [5.74, 6) is -2.00. The van der Waals surface area contributed by atoms with Gasteiger partial charge in [0.2, 0.25) is 3.79 Å². The van der Waals surface area contributed by atoms with Gasteiger partial charge < -0.3 is 5.11 Å². The van der Waals surface area contributed by atoms with Crippen molar-refractivity contribution in [2.45, 2.75) is 17.1 Å². The Bertz CT molecular complexity index is 129. The highest BCUT2D eigenvalue weighted by molar-refractivity contribution is 6.68. The zero-order valence-corrected chi connectivity index (χ0v) is 7.54. The maximum absolute atomic E-state index is 10.3. The van der Waals surface area contributed by atoms with Gasteiger partial charge in [-0.3, -0.25) is 4.79 Å². The highest BCUT2D eigenvalue weighted by Crippen LogP contribution is 2.36. The van der Waals surface area contributed by atoms with Crippen molar-refractivity contribution < 1.29 is 9.90 Å². The second kappa shape index (κ2) is 3.65. The van der Waals surface area contributed by atoms with Crippen LogP contribution in [0.5, 0.6) is 0 Å². The highest BCUT2D eigenvalue weighted by Gasteiger charge is 2.36. The molecule has 1 unspecified atom stereocenters. The van der Waals surface area contributed by atoms with Crippen molar-refractivity contribution in [1.29, 1.82) is 0 Å². The number of carboxylic acid groups (broad SMARTS) is 1. The van der Waals surface area contributed by atoms with Crippen molar-refractivity contribution in [2.24, 2.45) is 5.92 Å². The molecule has 0 aliphatic carbocycles. The molecule has 0 aliphatic heterocycles. The molecule has 0 saturated carbocycles. The van der Waals surface area contributed by atoms with Crippen LogP contribution in [0.2, 0.25) is 0 Å². The van der Waals surface area contributed by atoms with Gasteiger partial charge in [-0.05, 0) is 6.42 Å². The zero-order chi connectivity index (χ0) is 8.36. The molecule has 0 spiro atoms. The highest BCUT2D eigenvalue weighted by atomic mass is 35.6. The first kappa shape index (κ1) is 10.3. The van der Waals surface area contributed by atoms with E-state index in [0.29, 0.717) is 6.42 Å². The van der Waals surface area contributed by atoms with Crippen molar-refractivity contribution in [2.75, 3.05) is 0 Å². The van der Waals surface area contributed by atoms with Crippen molar-refractivity contribution >= 4 is 40.8 Å². The van der Waals surface area contributed by atoms with E-state index in [9.17, 15) is 4.79 Å². The number of halogens is 3. The molecule has 0 aromatic heterocycles. The first-order chi connectivity index (χ1) is 4.39. The molecule has 0 rings (SSSR count). The minimum Gasteiger partial charge on any atom is -0.481 e. The largest absolute Gasteiger partial charge is 0.481 e. The number of rotatable bonds is 2. The van der Waals surface area contributed by atoms with E-state index in [1.165, 1.54) is 0 Å². The van der Waals surface area contributed by atoms with Crippen molar-refractivity contribution in [3.05, 3.63) is 0 Å². The summed E-state index contributed by atoms with van der Waals surface area (Å²) in [4.78, 5) is 10.3. The van der Waals surface area contributed by atoms with Gasteiger partial charge in [0, 0.05) is 0 Å². The molecule has 0 aromatic rings. The number of alkyl halides is 3. The van der Waals surface area contributed by atoms with Gasteiger partial charge in [0.25, 0.3) is 0 Å². The van der Waals surface area contributed by atoms with E-state index >= 15 is 0 Å². The minimum absolute atomic E-state index is 0.311. The quantitative estimate of drug-likeness (QED) is 0.703. The van der Waals surface area contributed by atoms with Crippen molar-refractivity contribution in [3.63, 3.8) is 0 Å². The number of hydrogen-bond acceptors (Lipinski definition) is 1. The van der Waals surface area contributed by atoms with Crippen LogP contribution in [-0.2, 0) is 4.79 Å². The van der Waals surface area contributed by atoms with Gasteiger partial charge in [-0.15, -0.1) is 0 Å². The standard InChI is InChI=1S/C5H7Cl3O2/c1-2-3(4(9)10)5(6,7)8/h3H,2H2,1H3,(H,9,10). The maximum Gasteiger partial charge on any atom is 0.310 e. The predicted octanol–water partition coefficient (Wildman–Crippen LogP) is 2.47. The summed E-state index contributed by atoms with van der Waals surface area (Å²) in [5.41, 5.74) is 0. The third kappa shape index (κ3) is 2.95. The Morgan fingerprint density at radius 2 is 2.00 bits per heavy atom. The molecule has 2 nitrogen and oxygen atoms in total. The average Bonchev–Trinajstić information content (AvgIpc) is 1.60. The summed E-state index contributed by atoms with van der Waals surface area (Å²) >= 11 is 16.0. The van der Waals surface area contributed by atoms with Crippen molar-refractivity contribution in [1.82, 2.24) is 0 Å². The summed E-state index contributed by atoms with van der Waals surface area (Å²) < 4.78 is -1.69. The molecule has 0 aromatic carbocycles. The Morgan fingerprint density at radius 3 is 2.00 bits per heavy atom. The van der Waals surface area contributed by atoms with E-state index in [1.807, 2.05) is 0 Å². The third-order valence-electron chi connectivity index (χ3n) is 1.10. The molecule has 5 heteroatoms. The Morgan fingerprint density at radius 1 is 1.60 bits per heavy atom. The van der Waals surface area contributed by atoms with Crippen LogP contribution in [0, 0.1) is 5.92 Å². The van der Waals surface area contributed by atoms with Gasteiger partial charge >= 0.3 is 5.97 Å². The van der Waals surface area contributed by atoms with Crippen molar-refractivity contribution in [3.8, 4) is 0 Å². The monoisotopic (exact) mass is 204 g/mol. The molecule has 10 heavy (non-hydrogen) atoms. The smallest absolute Gasteiger partial charge is 0.310 e. The van der Waals surface area contributed by atoms with E-state index in [-0.39, 0.29) is 0 Å². The second-order valence-corrected chi connectivity index (χ2v) is 4.21. The van der Waals surface area contributed by atoms with Crippen LogP contribution in [0.3, 0.4) is 0 Å². The van der Waals surface area contributed by atoms with Gasteiger partial charge in [-0.25, -0.2) is 0 Å². The summed E-state index contributed by atoms with van der Waals surface area (Å²) in [7, 11) is 0. The summed E-state index contributed by atoms with van der Waals surface area (Å²) in [6.07, 6.45) is 0.311. The maximum atomic E-state index is 10.3. The number of aliphatic carboxylic acids is 1. The van der Waals surface area contributed by atoms with Crippen LogP contribution in [0.1, 0.15) is 13.3 Å². The molecule has 0 saturated heterocycles. The number of carboxylic acids is 1. The Labute approximate surface area is 74.1 Å². The first-order valence-electron chi connectivity index (χ1n) is 2.69. The lowest BCUT2D eigenvalue weighted by molar-refractivity contribution is -0.141. The van der Waals surface area contributed by atoms with Gasteiger partial charge in [0.15, 0.2) is 0 Å². The Balaban J connectivity index is 4.22.